The number of carbonyl (C=O) groups excluding carboxylic acids is 1. The molecule has 1 aromatic carbocycles. The van der Waals surface area contributed by atoms with Crippen molar-refractivity contribution >= 4 is 38.8 Å². The Bertz CT molecular complexity index is 1140. The highest BCUT2D eigenvalue weighted by molar-refractivity contribution is 9.10. The average Bonchev–Trinajstić information content (AvgIpc) is 3.38. The quantitative estimate of drug-likeness (QED) is 0.418. The highest BCUT2D eigenvalue weighted by Gasteiger charge is 2.20. The van der Waals surface area contributed by atoms with Gasteiger partial charge in [0.2, 0.25) is 0 Å². The largest absolute Gasteiger partial charge is 0.448 e. The van der Waals surface area contributed by atoms with Gasteiger partial charge in [0, 0.05) is 24.7 Å². The maximum absolute atomic E-state index is 13.0. The first-order chi connectivity index (χ1) is 13.6. The van der Waals surface area contributed by atoms with Crippen molar-refractivity contribution in [1.29, 1.82) is 0 Å². The van der Waals surface area contributed by atoms with Crippen LogP contribution in [-0.4, -0.2) is 20.3 Å². The summed E-state index contributed by atoms with van der Waals surface area (Å²) in [5, 5.41) is 7.37. The molecule has 0 aliphatic rings. The fourth-order valence-electron chi connectivity index (χ4n) is 3.30. The van der Waals surface area contributed by atoms with Crippen LogP contribution in [-0.2, 0) is 6.54 Å². The summed E-state index contributed by atoms with van der Waals surface area (Å²) >= 11 is 3.33. The second-order valence-electron chi connectivity index (χ2n) is 6.43. The van der Waals surface area contributed by atoms with Gasteiger partial charge in [-0.25, -0.2) is 4.68 Å². The van der Waals surface area contributed by atoms with Gasteiger partial charge in [0.15, 0.2) is 10.3 Å². The third kappa shape index (κ3) is 3.29. The van der Waals surface area contributed by atoms with Gasteiger partial charge in [-0.2, -0.15) is 5.10 Å². The summed E-state index contributed by atoms with van der Waals surface area (Å²) in [6.07, 6.45) is 3.43. The minimum atomic E-state index is -0.230. The molecular weight excluding hydrogens is 420 g/mol. The van der Waals surface area contributed by atoms with Gasteiger partial charge in [0.25, 0.3) is 5.91 Å². The van der Waals surface area contributed by atoms with E-state index in [2.05, 4.69) is 32.9 Å². The van der Waals surface area contributed by atoms with Crippen LogP contribution in [0.4, 0.5) is 5.82 Å². The van der Waals surface area contributed by atoms with Gasteiger partial charge >= 0.3 is 0 Å². The minimum Gasteiger partial charge on any atom is -0.448 e. The SMILES string of the molecule is C=CCn1c(C(=O)Nc2ccnn2C(C)c2ccccc2)cc2oc(Br)cc21. The number of nitrogens with one attached hydrogen (secondary N) is 1. The molecule has 0 bridgehead atoms. The maximum atomic E-state index is 13.0. The molecule has 6 nitrogen and oxygen atoms in total. The van der Waals surface area contributed by atoms with Crippen LogP contribution in [0.15, 0.2) is 76.5 Å². The van der Waals surface area contributed by atoms with Crippen molar-refractivity contribution in [3.8, 4) is 0 Å². The van der Waals surface area contributed by atoms with Crippen LogP contribution in [0.1, 0.15) is 29.0 Å². The van der Waals surface area contributed by atoms with E-state index in [9.17, 15) is 4.79 Å². The number of rotatable bonds is 6. The number of halogens is 1. The topological polar surface area (TPSA) is 65.0 Å². The molecule has 0 saturated heterocycles. The van der Waals surface area contributed by atoms with E-state index in [1.807, 2.05) is 47.9 Å². The van der Waals surface area contributed by atoms with Crippen LogP contribution in [0.25, 0.3) is 11.1 Å². The molecule has 0 saturated carbocycles. The van der Waals surface area contributed by atoms with Crippen molar-refractivity contribution < 1.29 is 9.21 Å². The zero-order valence-electron chi connectivity index (χ0n) is 15.3. The molecule has 0 radical (unpaired) electrons. The molecule has 0 fully saturated rings. The molecule has 1 atom stereocenters. The fraction of sp³-hybridized carbons (Fsp3) is 0.143. The lowest BCUT2D eigenvalue weighted by molar-refractivity contribution is 0.101. The number of allylic oxidation sites excluding steroid dienone is 1. The Balaban J connectivity index is 1.64. The first-order valence-corrected chi connectivity index (χ1v) is 9.67. The van der Waals surface area contributed by atoms with Crippen LogP contribution in [0.5, 0.6) is 0 Å². The summed E-state index contributed by atoms with van der Waals surface area (Å²) < 4.78 is 9.90. The lowest BCUT2D eigenvalue weighted by Gasteiger charge is -2.17. The van der Waals surface area contributed by atoms with Crippen LogP contribution < -0.4 is 5.32 Å². The molecule has 142 valence electrons. The van der Waals surface area contributed by atoms with Crippen LogP contribution >= 0.6 is 15.9 Å². The lowest BCUT2D eigenvalue weighted by atomic mass is 10.1. The Hall–Kier alpha value is -3.06. The van der Waals surface area contributed by atoms with Gasteiger partial charge in [-0.05, 0) is 28.4 Å². The van der Waals surface area contributed by atoms with E-state index in [1.54, 1.807) is 29.1 Å². The molecule has 3 heterocycles. The van der Waals surface area contributed by atoms with Gasteiger partial charge in [-0.1, -0.05) is 36.4 Å². The lowest BCUT2D eigenvalue weighted by Crippen LogP contribution is -2.20. The second kappa shape index (κ2) is 7.52. The Kier molecular flexibility index (Phi) is 4.92. The first-order valence-electron chi connectivity index (χ1n) is 8.87. The predicted molar refractivity (Wildman–Crippen MR) is 113 cm³/mol. The highest BCUT2D eigenvalue weighted by atomic mass is 79.9. The number of amides is 1. The van der Waals surface area contributed by atoms with Crippen molar-refractivity contribution in [2.24, 2.45) is 0 Å². The Morgan fingerprint density at radius 2 is 2.11 bits per heavy atom. The molecule has 4 rings (SSSR count). The van der Waals surface area contributed by atoms with E-state index >= 15 is 0 Å². The molecule has 1 N–H and O–H groups in total. The molecule has 3 aromatic heterocycles. The molecule has 4 aromatic rings. The summed E-state index contributed by atoms with van der Waals surface area (Å²) in [6, 6.07) is 15.4. The molecule has 0 aliphatic heterocycles. The fourth-order valence-corrected chi connectivity index (χ4v) is 3.69. The number of hydrogen-bond donors (Lipinski definition) is 1. The molecule has 1 unspecified atom stereocenters. The number of fused-ring (bicyclic) bond motifs is 1. The number of hydrogen-bond acceptors (Lipinski definition) is 3. The monoisotopic (exact) mass is 438 g/mol. The Morgan fingerprint density at radius 3 is 2.86 bits per heavy atom. The van der Waals surface area contributed by atoms with E-state index in [0.717, 1.165) is 11.1 Å². The van der Waals surface area contributed by atoms with Crippen molar-refractivity contribution in [3.05, 3.63) is 83.3 Å². The molecule has 0 aliphatic carbocycles. The van der Waals surface area contributed by atoms with E-state index in [0.29, 0.717) is 28.3 Å². The summed E-state index contributed by atoms with van der Waals surface area (Å²) in [7, 11) is 0. The third-order valence-electron chi connectivity index (χ3n) is 4.66. The predicted octanol–water partition coefficient (Wildman–Crippen LogP) is 5.24. The zero-order valence-corrected chi connectivity index (χ0v) is 16.9. The van der Waals surface area contributed by atoms with Crippen molar-refractivity contribution in [2.45, 2.75) is 19.5 Å². The minimum absolute atomic E-state index is 0.0151. The third-order valence-corrected chi connectivity index (χ3v) is 5.06. The zero-order chi connectivity index (χ0) is 19.7. The van der Waals surface area contributed by atoms with Gasteiger partial charge in [-0.15, -0.1) is 6.58 Å². The normalized spacial score (nSPS) is 12.2. The van der Waals surface area contributed by atoms with Gasteiger partial charge in [0.05, 0.1) is 17.8 Å². The van der Waals surface area contributed by atoms with Crippen molar-refractivity contribution in [2.75, 3.05) is 5.32 Å². The van der Waals surface area contributed by atoms with E-state index in [1.165, 1.54) is 0 Å². The molecule has 0 spiro atoms. The number of furan rings is 1. The molecule has 1 amide bonds. The Labute approximate surface area is 170 Å². The van der Waals surface area contributed by atoms with Gasteiger partial charge < -0.3 is 14.3 Å². The summed E-state index contributed by atoms with van der Waals surface area (Å²) in [5.41, 5.74) is 3.09. The standard InChI is InChI=1S/C21H19BrN4O2/c1-3-11-25-16-13-19(22)28-18(16)12-17(25)21(27)24-20-9-10-23-26(20)14(2)15-7-5-4-6-8-15/h3-10,12-14H,1,11H2,2H3,(H,24,27). The Morgan fingerprint density at radius 1 is 1.32 bits per heavy atom. The average molecular weight is 439 g/mol. The summed E-state index contributed by atoms with van der Waals surface area (Å²) in [6.45, 7) is 6.33. The summed E-state index contributed by atoms with van der Waals surface area (Å²) in [5.74, 6) is 0.400. The van der Waals surface area contributed by atoms with Gasteiger partial charge in [0.1, 0.15) is 11.5 Å². The van der Waals surface area contributed by atoms with Crippen LogP contribution in [0.3, 0.4) is 0 Å². The van der Waals surface area contributed by atoms with Gasteiger partial charge in [-0.3, -0.25) is 4.79 Å². The first kappa shape index (κ1) is 18.3. The van der Waals surface area contributed by atoms with E-state index < -0.39 is 0 Å². The number of benzene rings is 1. The summed E-state index contributed by atoms with van der Waals surface area (Å²) in [4.78, 5) is 13.0. The second-order valence-corrected chi connectivity index (χ2v) is 7.21. The van der Waals surface area contributed by atoms with Crippen LogP contribution in [0, 0.1) is 0 Å². The van der Waals surface area contributed by atoms with Crippen molar-refractivity contribution in [1.82, 2.24) is 14.3 Å². The molecule has 28 heavy (non-hydrogen) atoms. The molecule has 7 heteroatoms. The number of carbonyl (C=O) groups is 1. The number of aromatic nitrogens is 3. The maximum Gasteiger partial charge on any atom is 0.273 e. The van der Waals surface area contributed by atoms with E-state index in [4.69, 9.17) is 4.42 Å². The van der Waals surface area contributed by atoms with Crippen LogP contribution in [0.2, 0.25) is 0 Å². The molecular formula is C21H19BrN4O2. The number of nitrogens with zero attached hydrogens (tertiary/aromatic N) is 3. The van der Waals surface area contributed by atoms with E-state index in [-0.39, 0.29) is 11.9 Å². The smallest absolute Gasteiger partial charge is 0.273 e. The van der Waals surface area contributed by atoms with Crippen molar-refractivity contribution in [3.63, 3.8) is 0 Å². The highest BCUT2D eigenvalue weighted by Crippen LogP contribution is 2.28. The number of anilines is 1.